The van der Waals surface area contributed by atoms with E-state index in [1.54, 1.807) is 0 Å². The number of nitrogens with zero attached hydrogens (tertiary/aromatic N) is 4. The fourth-order valence-electron chi connectivity index (χ4n) is 3.51. The number of benzene rings is 2. The molecule has 4 nitrogen and oxygen atoms in total. The first kappa shape index (κ1) is 29.1. The van der Waals surface area contributed by atoms with Crippen LogP contribution in [0.15, 0.2) is 48.7 Å². The van der Waals surface area contributed by atoms with Crippen LogP contribution < -0.4 is 0 Å². The van der Waals surface area contributed by atoms with E-state index in [-0.39, 0.29) is 16.3 Å². The third-order valence-corrected chi connectivity index (χ3v) is 5.57. The smallest absolute Gasteiger partial charge is 0.256 e. The van der Waals surface area contributed by atoms with E-state index >= 15 is 0 Å². The molecule has 2 aromatic heterocycles. The maximum atomic E-state index is 14.5. The van der Waals surface area contributed by atoms with Crippen LogP contribution in [0, 0.1) is 0 Å². The number of alkyl halides is 14. The second-order valence-electron chi connectivity index (χ2n) is 8.14. The van der Waals surface area contributed by atoms with Gasteiger partial charge in [-0.25, -0.2) is 15.0 Å². The van der Waals surface area contributed by atoms with Gasteiger partial charge in [0.1, 0.15) is 0 Å². The van der Waals surface area contributed by atoms with Gasteiger partial charge < -0.3 is 0 Å². The summed E-state index contributed by atoms with van der Waals surface area (Å²) >= 11 is 0. The van der Waals surface area contributed by atoms with E-state index in [4.69, 9.17) is 0 Å². The molecule has 0 spiro atoms. The first-order chi connectivity index (χ1) is 18.1. The lowest BCUT2D eigenvalue weighted by molar-refractivity contribution is -0.364. The van der Waals surface area contributed by atoms with Crippen molar-refractivity contribution in [2.75, 3.05) is 0 Å². The lowest BCUT2D eigenvalue weighted by atomic mass is 10.0. The Bertz CT molecular complexity index is 1540. The molecule has 0 fully saturated rings. The van der Waals surface area contributed by atoms with E-state index in [0.29, 0.717) is 5.39 Å². The first-order valence-corrected chi connectivity index (χ1v) is 10.3. The molecule has 0 atom stereocenters. The van der Waals surface area contributed by atoms with Crippen LogP contribution in [0.3, 0.4) is 0 Å². The predicted octanol–water partition coefficient (Wildman–Crippen LogP) is 7.82. The highest BCUT2D eigenvalue weighted by atomic mass is 19.4. The van der Waals surface area contributed by atoms with Crippen molar-refractivity contribution in [1.82, 2.24) is 19.9 Å². The van der Waals surface area contributed by atoms with E-state index in [9.17, 15) is 61.5 Å². The zero-order valence-electron chi connectivity index (χ0n) is 18.7. The van der Waals surface area contributed by atoms with E-state index in [1.165, 1.54) is 30.5 Å². The number of pyridine rings is 1. The molecule has 0 unspecified atom stereocenters. The van der Waals surface area contributed by atoms with Crippen molar-refractivity contribution in [2.24, 2.45) is 0 Å². The van der Waals surface area contributed by atoms with Crippen LogP contribution >= 0.6 is 0 Å². The number of aromatic nitrogens is 4. The minimum atomic E-state index is -7.09. The van der Waals surface area contributed by atoms with E-state index in [2.05, 4.69) is 15.0 Å². The summed E-state index contributed by atoms with van der Waals surface area (Å²) in [7, 11) is 0. The lowest BCUT2D eigenvalue weighted by Crippen LogP contribution is -2.52. The largest absolute Gasteiger partial charge is 0.460 e. The van der Waals surface area contributed by atoms with Gasteiger partial charge >= 0.3 is 36.0 Å². The van der Waals surface area contributed by atoms with Crippen LogP contribution in [0.25, 0.3) is 33.1 Å². The van der Waals surface area contributed by atoms with Crippen molar-refractivity contribution in [3.05, 3.63) is 60.3 Å². The summed E-state index contributed by atoms with van der Waals surface area (Å²) in [5, 5.41) is 0.323. The SMILES string of the molecule is FC(F)(F)C(F)(F)C(F)(F)c1nc(-c2cccc3c2ccc2cccnc23)nc(C(F)(F)C(F)(F)C(F)(F)F)n1. The standard InChI is InChI=1S/C22H8F14N4/c23-17(24,19(27,28)21(31,32)33)15-38-14(39-16(40-15)18(25,26)20(29,30)22(34,35)36)12-5-1-4-11-10(12)7-6-9-3-2-8-37-13(9)11/h1-8H. The first-order valence-electron chi connectivity index (χ1n) is 10.3. The van der Waals surface area contributed by atoms with Crippen molar-refractivity contribution < 1.29 is 61.5 Å². The molecule has 2 heterocycles. The molecule has 0 bridgehead atoms. The van der Waals surface area contributed by atoms with Gasteiger partial charge in [-0.05, 0) is 11.5 Å². The summed E-state index contributed by atoms with van der Waals surface area (Å²) in [4.78, 5) is 11.4. The molecule has 40 heavy (non-hydrogen) atoms. The van der Waals surface area contributed by atoms with Gasteiger partial charge in [-0.1, -0.05) is 36.4 Å². The van der Waals surface area contributed by atoms with E-state index < -0.39 is 59.1 Å². The highest BCUT2D eigenvalue weighted by molar-refractivity contribution is 6.09. The molecule has 4 rings (SSSR count). The summed E-state index contributed by atoms with van der Waals surface area (Å²) in [6.07, 6.45) is -12.8. The molecule has 214 valence electrons. The summed E-state index contributed by atoms with van der Waals surface area (Å²) in [6.45, 7) is 0. The highest BCUT2D eigenvalue weighted by Gasteiger charge is 2.77. The Morgan fingerprint density at radius 1 is 0.500 bits per heavy atom. The molecule has 0 aliphatic carbocycles. The average Bonchev–Trinajstić information content (AvgIpc) is 2.86. The van der Waals surface area contributed by atoms with Crippen LogP contribution in [0.1, 0.15) is 11.6 Å². The van der Waals surface area contributed by atoms with Crippen LogP contribution in [0.2, 0.25) is 0 Å². The number of rotatable bonds is 5. The van der Waals surface area contributed by atoms with E-state index in [0.717, 1.165) is 18.2 Å². The number of fused-ring (bicyclic) bond motifs is 3. The van der Waals surface area contributed by atoms with Crippen molar-refractivity contribution in [3.8, 4) is 11.4 Å². The van der Waals surface area contributed by atoms with Gasteiger partial charge in [0.05, 0.1) is 5.52 Å². The van der Waals surface area contributed by atoms with Gasteiger partial charge in [0.25, 0.3) is 0 Å². The topological polar surface area (TPSA) is 51.6 Å². The van der Waals surface area contributed by atoms with Gasteiger partial charge in [-0.3, -0.25) is 4.98 Å². The molecule has 18 heteroatoms. The Balaban J connectivity index is 2.08. The fraction of sp³-hybridized carbons (Fsp3) is 0.273. The minimum absolute atomic E-state index is 0.0823. The van der Waals surface area contributed by atoms with Crippen molar-refractivity contribution >= 4 is 21.7 Å². The zero-order valence-corrected chi connectivity index (χ0v) is 18.7. The third-order valence-electron chi connectivity index (χ3n) is 5.57. The second kappa shape index (κ2) is 8.82. The number of halogens is 14. The van der Waals surface area contributed by atoms with Crippen molar-refractivity contribution in [2.45, 2.75) is 36.0 Å². The number of hydrogen-bond acceptors (Lipinski definition) is 4. The Hall–Kier alpha value is -3.86. The summed E-state index contributed by atoms with van der Waals surface area (Å²) < 4.78 is 189. The van der Waals surface area contributed by atoms with Crippen LogP contribution in [-0.2, 0) is 11.8 Å². The van der Waals surface area contributed by atoms with Gasteiger partial charge in [-0.15, -0.1) is 0 Å². The molecular weight excluding hydrogens is 586 g/mol. The molecule has 0 amide bonds. The highest BCUT2D eigenvalue weighted by Crippen LogP contribution is 2.53. The van der Waals surface area contributed by atoms with Crippen molar-refractivity contribution in [1.29, 1.82) is 0 Å². The minimum Gasteiger partial charge on any atom is -0.256 e. The van der Waals surface area contributed by atoms with Crippen LogP contribution in [-0.4, -0.2) is 44.1 Å². The predicted molar refractivity (Wildman–Crippen MR) is 108 cm³/mol. The van der Waals surface area contributed by atoms with Gasteiger partial charge in [0.15, 0.2) is 5.82 Å². The maximum absolute atomic E-state index is 14.5. The molecule has 4 aromatic rings. The van der Waals surface area contributed by atoms with Crippen LogP contribution in [0.4, 0.5) is 61.5 Å². The molecule has 0 saturated carbocycles. The molecule has 0 N–H and O–H groups in total. The second-order valence-corrected chi connectivity index (χ2v) is 8.14. The Kier molecular flexibility index (Phi) is 6.42. The van der Waals surface area contributed by atoms with Crippen molar-refractivity contribution in [3.63, 3.8) is 0 Å². The average molecular weight is 594 g/mol. The maximum Gasteiger partial charge on any atom is 0.460 e. The third kappa shape index (κ3) is 4.23. The molecule has 0 radical (unpaired) electrons. The van der Waals surface area contributed by atoms with Gasteiger partial charge in [0.2, 0.25) is 11.6 Å². The molecular formula is C22H8F14N4. The molecule has 2 aromatic carbocycles. The Labute approximate surface area is 211 Å². The normalized spacial score (nSPS) is 14.2. The summed E-state index contributed by atoms with van der Waals surface area (Å²) in [6, 6.07) is 8.72. The zero-order chi connectivity index (χ0) is 30.1. The molecule has 0 aliphatic heterocycles. The van der Waals surface area contributed by atoms with Crippen LogP contribution in [0.5, 0.6) is 0 Å². The quantitative estimate of drug-likeness (QED) is 0.175. The summed E-state index contributed by atoms with van der Waals surface area (Å²) in [5.41, 5.74) is -0.536. The Morgan fingerprint density at radius 2 is 1.02 bits per heavy atom. The molecule has 0 saturated heterocycles. The number of hydrogen-bond donors (Lipinski definition) is 0. The van der Waals surface area contributed by atoms with E-state index in [1.807, 2.05) is 4.98 Å². The van der Waals surface area contributed by atoms with Gasteiger partial charge in [0, 0.05) is 22.5 Å². The summed E-state index contributed by atoms with van der Waals surface area (Å²) in [5.74, 6) is -35.4. The fourth-order valence-corrected chi connectivity index (χ4v) is 3.51. The lowest BCUT2D eigenvalue weighted by Gasteiger charge is -2.29. The monoisotopic (exact) mass is 594 g/mol. The van der Waals surface area contributed by atoms with Gasteiger partial charge in [-0.2, -0.15) is 61.5 Å². The molecule has 0 aliphatic rings. The Morgan fingerprint density at radius 3 is 1.52 bits per heavy atom.